The Morgan fingerprint density at radius 1 is 0.920 bits per heavy atom. The van der Waals surface area contributed by atoms with E-state index in [1.165, 1.54) is 11.3 Å². The highest BCUT2D eigenvalue weighted by Gasteiger charge is 2.23. The number of hydrogen-bond acceptors (Lipinski definition) is 4. The molecule has 4 nitrogen and oxygen atoms in total. The van der Waals surface area contributed by atoms with E-state index >= 15 is 0 Å². The van der Waals surface area contributed by atoms with Gasteiger partial charge in [-0.3, -0.25) is 9.59 Å². The Hall–Kier alpha value is -2.92. The standard InChI is InChI=1S/C20H18N2O2S/c1-14-8-5-6-11-16(14)21-19(18(23)17-12-7-13-25-17)22-20(24)15-9-3-2-4-10-15/h2-13,19,21H,1H3,(H,22,24)/t19-/m0/s1. The van der Waals surface area contributed by atoms with Gasteiger partial charge in [0, 0.05) is 11.3 Å². The van der Waals surface area contributed by atoms with Crippen LogP contribution in [0.5, 0.6) is 0 Å². The lowest BCUT2D eigenvalue weighted by molar-refractivity contribution is 0.0871. The van der Waals surface area contributed by atoms with E-state index in [4.69, 9.17) is 0 Å². The first kappa shape index (κ1) is 16.9. The van der Waals surface area contributed by atoms with Crippen molar-refractivity contribution in [3.8, 4) is 0 Å². The first-order valence-corrected chi connectivity index (χ1v) is 8.79. The van der Waals surface area contributed by atoms with E-state index in [1.807, 2.05) is 48.7 Å². The van der Waals surface area contributed by atoms with Crippen molar-refractivity contribution >= 4 is 28.7 Å². The molecule has 3 aromatic rings. The maximum atomic E-state index is 12.8. The van der Waals surface area contributed by atoms with Crippen LogP contribution in [0.15, 0.2) is 72.1 Å². The van der Waals surface area contributed by atoms with E-state index in [-0.39, 0.29) is 11.7 Å². The van der Waals surface area contributed by atoms with Gasteiger partial charge in [-0.25, -0.2) is 0 Å². The Morgan fingerprint density at radius 2 is 1.64 bits per heavy atom. The SMILES string of the molecule is Cc1ccccc1N[C@@H](NC(=O)c1ccccc1)C(=O)c1cccs1. The maximum Gasteiger partial charge on any atom is 0.253 e. The molecule has 25 heavy (non-hydrogen) atoms. The Balaban J connectivity index is 1.85. The van der Waals surface area contributed by atoms with Crippen LogP contribution in [-0.2, 0) is 0 Å². The van der Waals surface area contributed by atoms with Crippen LogP contribution in [0.25, 0.3) is 0 Å². The number of ketones is 1. The van der Waals surface area contributed by atoms with Crippen molar-refractivity contribution in [3.05, 3.63) is 88.1 Å². The number of nitrogens with one attached hydrogen (secondary N) is 2. The number of rotatable bonds is 6. The number of thiophene rings is 1. The van der Waals surface area contributed by atoms with Crippen molar-refractivity contribution in [3.63, 3.8) is 0 Å². The molecule has 0 radical (unpaired) electrons. The number of hydrogen-bond donors (Lipinski definition) is 2. The summed E-state index contributed by atoms with van der Waals surface area (Å²) >= 11 is 1.36. The second-order valence-electron chi connectivity index (χ2n) is 5.57. The summed E-state index contributed by atoms with van der Waals surface area (Å²) in [4.78, 5) is 25.9. The second-order valence-corrected chi connectivity index (χ2v) is 6.52. The summed E-state index contributed by atoms with van der Waals surface area (Å²) in [6.07, 6.45) is -0.840. The number of carbonyl (C=O) groups excluding carboxylic acids is 2. The molecule has 1 aromatic heterocycles. The summed E-state index contributed by atoms with van der Waals surface area (Å²) < 4.78 is 0. The topological polar surface area (TPSA) is 58.2 Å². The maximum absolute atomic E-state index is 12.8. The van der Waals surface area contributed by atoms with Gasteiger partial charge in [-0.2, -0.15) is 0 Å². The van der Waals surface area contributed by atoms with Gasteiger partial charge in [-0.1, -0.05) is 42.5 Å². The van der Waals surface area contributed by atoms with Crippen molar-refractivity contribution in [2.24, 2.45) is 0 Å². The van der Waals surface area contributed by atoms with Gasteiger partial charge in [0.15, 0.2) is 6.17 Å². The number of carbonyl (C=O) groups is 2. The molecule has 5 heteroatoms. The molecule has 0 saturated carbocycles. The molecule has 3 rings (SSSR count). The number of anilines is 1. The molecule has 0 spiro atoms. The fraction of sp³-hybridized carbons (Fsp3) is 0.100. The van der Waals surface area contributed by atoms with Crippen LogP contribution in [0.1, 0.15) is 25.6 Å². The minimum Gasteiger partial charge on any atom is -0.359 e. The molecule has 0 fully saturated rings. The number of Topliss-reactive ketones (excluding diaryl/α,β-unsaturated/α-hetero) is 1. The number of para-hydroxylation sites is 1. The van der Waals surface area contributed by atoms with Crippen LogP contribution in [0.4, 0.5) is 5.69 Å². The van der Waals surface area contributed by atoms with Crippen molar-refractivity contribution in [2.75, 3.05) is 5.32 Å². The summed E-state index contributed by atoms with van der Waals surface area (Å²) in [5.41, 5.74) is 2.32. The molecule has 1 amide bonds. The summed E-state index contributed by atoms with van der Waals surface area (Å²) in [7, 11) is 0. The van der Waals surface area contributed by atoms with E-state index in [2.05, 4.69) is 10.6 Å². The predicted molar refractivity (Wildman–Crippen MR) is 101 cm³/mol. The van der Waals surface area contributed by atoms with Crippen LogP contribution >= 0.6 is 11.3 Å². The monoisotopic (exact) mass is 350 g/mol. The molecule has 0 aliphatic carbocycles. The van der Waals surface area contributed by atoms with Crippen LogP contribution in [-0.4, -0.2) is 17.9 Å². The molecule has 2 N–H and O–H groups in total. The summed E-state index contributed by atoms with van der Waals surface area (Å²) in [5, 5.41) is 7.81. The Labute approximate surface area is 150 Å². The first-order valence-electron chi connectivity index (χ1n) is 7.91. The highest BCUT2D eigenvalue weighted by molar-refractivity contribution is 7.12. The minimum absolute atomic E-state index is 0.164. The normalized spacial score (nSPS) is 11.6. The van der Waals surface area contributed by atoms with Crippen LogP contribution in [0.3, 0.4) is 0 Å². The fourth-order valence-corrected chi connectivity index (χ4v) is 3.12. The van der Waals surface area contributed by atoms with E-state index in [1.54, 1.807) is 30.3 Å². The average Bonchev–Trinajstić information content (AvgIpc) is 3.17. The third-order valence-electron chi connectivity index (χ3n) is 3.78. The zero-order valence-corrected chi connectivity index (χ0v) is 14.5. The molecule has 0 bridgehead atoms. The third-order valence-corrected chi connectivity index (χ3v) is 4.67. The zero-order valence-electron chi connectivity index (χ0n) is 13.7. The first-order chi connectivity index (χ1) is 12.1. The molecule has 126 valence electrons. The van der Waals surface area contributed by atoms with Gasteiger partial charge in [-0.15, -0.1) is 11.3 Å². The third kappa shape index (κ3) is 4.14. The summed E-state index contributed by atoms with van der Waals surface area (Å²) in [6.45, 7) is 1.95. The Morgan fingerprint density at radius 3 is 2.32 bits per heavy atom. The molecule has 1 heterocycles. The largest absolute Gasteiger partial charge is 0.359 e. The molecule has 0 unspecified atom stereocenters. The van der Waals surface area contributed by atoms with E-state index in [9.17, 15) is 9.59 Å². The van der Waals surface area contributed by atoms with Crippen molar-refractivity contribution in [2.45, 2.75) is 13.1 Å². The van der Waals surface area contributed by atoms with E-state index < -0.39 is 6.17 Å². The van der Waals surface area contributed by atoms with E-state index in [0.29, 0.717) is 10.4 Å². The van der Waals surface area contributed by atoms with Gasteiger partial charge in [0.2, 0.25) is 5.78 Å². The lowest BCUT2D eigenvalue weighted by atomic mass is 10.1. The highest BCUT2D eigenvalue weighted by atomic mass is 32.1. The Kier molecular flexibility index (Phi) is 5.26. The van der Waals surface area contributed by atoms with Gasteiger partial charge < -0.3 is 10.6 Å². The molecule has 0 aliphatic rings. The predicted octanol–water partition coefficient (Wildman–Crippen LogP) is 4.11. The number of amides is 1. The van der Waals surface area contributed by atoms with E-state index in [0.717, 1.165) is 11.3 Å². The molecule has 1 atom stereocenters. The van der Waals surface area contributed by atoms with Crippen LogP contribution < -0.4 is 10.6 Å². The van der Waals surface area contributed by atoms with Crippen LogP contribution in [0, 0.1) is 6.92 Å². The lowest BCUT2D eigenvalue weighted by Gasteiger charge is -2.21. The summed E-state index contributed by atoms with van der Waals surface area (Å²) in [5.74, 6) is -0.459. The van der Waals surface area contributed by atoms with Crippen molar-refractivity contribution < 1.29 is 9.59 Å². The molecular formula is C20H18N2O2S. The lowest BCUT2D eigenvalue weighted by Crippen LogP contribution is -2.46. The molecule has 0 aliphatic heterocycles. The van der Waals surface area contributed by atoms with Gasteiger partial charge >= 0.3 is 0 Å². The Bertz CT molecular complexity index is 860. The average molecular weight is 350 g/mol. The molecular weight excluding hydrogens is 332 g/mol. The van der Waals surface area contributed by atoms with Gasteiger partial charge in [0.25, 0.3) is 5.91 Å². The summed E-state index contributed by atoms with van der Waals surface area (Å²) in [6, 6.07) is 20.1. The van der Waals surface area contributed by atoms with Crippen molar-refractivity contribution in [1.29, 1.82) is 0 Å². The van der Waals surface area contributed by atoms with Crippen LogP contribution in [0.2, 0.25) is 0 Å². The smallest absolute Gasteiger partial charge is 0.253 e. The van der Waals surface area contributed by atoms with Gasteiger partial charge in [-0.05, 0) is 42.1 Å². The minimum atomic E-state index is -0.840. The number of benzene rings is 2. The van der Waals surface area contributed by atoms with Gasteiger partial charge in [0.1, 0.15) is 0 Å². The second kappa shape index (κ2) is 7.77. The fourth-order valence-electron chi connectivity index (χ4n) is 2.42. The van der Waals surface area contributed by atoms with Crippen molar-refractivity contribution in [1.82, 2.24) is 5.32 Å². The quantitative estimate of drug-likeness (QED) is 0.520. The zero-order chi connectivity index (χ0) is 17.6. The van der Waals surface area contributed by atoms with Gasteiger partial charge in [0.05, 0.1) is 4.88 Å². The molecule has 0 saturated heterocycles. The highest BCUT2D eigenvalue weighted by Crippen LogP contribution is 2.17. The number of aryl methyl sites for hydroxylation is 1. The molecule has 2 aromatic carbocycles.